The number of benzene rings is 2. The number of rotatable bonds is 1. The van der Waals surface area contributed by atoms with Crippen molar-refractivity contribution in [3.8, 4) is 11.5 Å². The molecule has 114 valence electrons. The van der Waals surface area contributed by atoms with E-state index in [1.54, 1.807) is 7.11 Å². The summed E-state index contributed by atoms with van der Waals surface area (Å²) in [5.74, 6) is 1.08. The Balaban J connectivity index is 1.90. The summed E-state index contributed by atoms with van der Waals surface area (Å²) < 4.78 is 6.42. The van der Waals surface area contributed by atoms with Gasteiger partial charge in [0.25, 0.3) is 0 Å². The highest BCUT2D eigenvalue weighted by Gasteiger charge is 2.36. The first-order chi connectivity index (χ1) is 10.7. The molecule has 22 heavy (non-hydrogen) atoms. The number of methoxy groups -OCH3 is 1. The summed E-state index contributed by atoms with van der Waals surface area (Å²) >= 11 is 3.67. The van der Waals surface area contributed by atoms with Crippen molar-refractivity contribution in [3.63, 3.8) is 0 Å². The number of aryl methyl sites for hydroxylation is 1. The molecule has 1 aliphatic carbocycles. The van der Waals surface area contributed by atoms with Crippen molar-refractivity contribution in [2.24, 2.45) is 0 Å². The minimum absolute atomic E-state index is 0.226. The largest absolute Gasteiger partial charge is 0.504 e. The fourth-order valence-corrected chi connectivity index (χ4v) is 4.40. The number of nitrogens with one attached hydrogen (secondary N) is 1. The van der Waals surface area contributed by atoms with Crippen LogP contribution in [-0.2, 0) is 13.0 Å². The van der Waals surface area contributed by atoms with Gasteiger partial charge in [0.15, 0.2) is 11.5 Å². The van der Waals surface area contributed by atoms with Crippen LogP contribution in [0.3, 0.4) is 0 Å². The molecule has 2 N–H and O–H groups in total. The Labute approximate surface area is 138 Å². The van der Waals surface area contributed by atoms with Crippen molar-refractivity contribution < 1.29 is 9.84 Å². The zero-order valence-corrected chi connectivity index (χ0v) is 14.0. The standard InChI is InChI=1S/C18H18BrNO2/c1-22-17-7-10-5-6-15-18(12(10)8-16(17)21)11-3-2-4-14(19)13(11)9-20-15/h2-4,7-8,15,18,20-21H,5-6,9H2,1H3/t15-,18-/m0/s1. The fraction of sp³-hybridized carbons (Fsp3) is 0.333. The average Bonchev–Trinajstić information content (AvgIpc) is 2.54. The Morgan fingerprint density at radius 2 is 2.14 bits per heavy atom. The van der Waals surface area contributed by atoms with Gasteiger partial charge in [-0.15, -0.1) is 0 Å². The summed E-state index contributed by atoms with van der Waals surface area (Å²) in [4.78, 5) is 0. The van der Waals surface area contributed by atoms with E-state index in [1.165, 1.54) is 22.3 Å². The molecule has 0 amide bonds. The Kier molecular flexibility index (Phi) is 3.39. The first kappa shape index (κ1) is 14.1. The maximum Gasteiger partial charge on any atom is 0.160 e. The molecule has 0 radical (unpaired) electrons. The van der Waals surface area contributed by atoms with Crippen molar-refractivity contribution in [2.45, 2.75) is 31.3 Å². The summed E-state index contributed by atoms with van der Waals surface area (Å²) in [7, 11) is 1.60. The van der Waals surface area contributed by atoms with Crippen molar-refractivity contribution in [2.75, 3.05) is 7.11 Å². The molecule has 1 heterocycles. The smallest absolute Gasteiger partial charge is 0.160 e. The summed E-state index contributed by atoms with van der Waals surface area (Å²) in [6, 6.07) is 10.7. The highest BCUT2D eigenvalue weighted by Crippen LogP contribution is 2.45. The van der Waals surface area contributed by atoms with Gasteiger partial charge in [-0.2, -0.15) is 0 Å². The molecule has 4 heteroatoms. The Hall–Kier alpha value is -1.52. The van der Waals surface area contributed by atoms with Gasteiger partial charge < -0.3 is 15.2 Å². The van der Waals surface area contributed by atoms with Crippen LogP contribution in [0, 0.1) is 0 Å². The van der Waals surface area contributed by atoms with Crippen LogP contribution in [0.15, 0.2) is 34.8 Å². The topological polar surface area (TPSA) is 41.5 Å². The van der Waals surface area contributed by atoms with Gasteiger partial charge in [-0.05, 0) is 53.3 Å². The predicted octanol–water partition coefficient (Wildman–Crippen LogP) is 3.71. The van der Waals surface area contributed by atoms with E-state index in [1.807, 2.05) is 12.1 Å². The lowest BCUT2D eigenvalue weighted by molar-refractivity contribution is 0.364. The lowest BCUT2D eigenvalue weighted by Crippen LogP contribution is -2.42. The Bertz CT molecular complexity index is 744. The van der Waals surface area contributed by atoms with E-state index < -0.39 is 0 Å². The van der Waals surface area contributed by atoms with Crippen molar-refractivity contribution in [1.29, 1.82) is 0 Å². The third kappa shape index (κ3) is 2.05. The molecule has 2 aromatic carbocycles. The molecule has 0 aromatic heterocycles. The zero-order valence-electron chi connectivity index (χ0n) is 12.4. The molecule has 0 bridgehead atoms. The second-order valence-corrected chi connectivity index (χ2v) is 6.89. The number of fused-ring (bicyclic) bond motifs is 5. The zero-order chi connectivity index (χ0) is 15.3. The second kappa shape index (κ2) is 5.28. The lowest BCUT2D eigenvalue weighted by atomic mass is 9.72. The molecule has 0 unspecified atom stereocenters. The number of ether oxygens (including phenoxy) is 1. The summed E-state index contributed by atoms with van der Waals surface area (Å²) in [6.45, 7) is 0.898. The number of halogens is 1. The number of phenolic OH excluding ortho intramolecular Hbond substituents is 1. The summed E-state index contributed by atoms with van der Waals surface area (Å²) in [5.41, 5.74) is 5.20. The van der Waals surface area contributed by atoms with Crippen LogP contribution in [0.5, 0.6) is 11.5 Å². The van der Waals surface area contributed by atoms with Crippen LogP contribution in [-0.4, -0.2) is 18.3 Å². The van der Waals surface area contributed by atoms with Gasteiger partial charge in [0.1, 0.15) is 0 Å². The SMILES string of the molecule is COc1cc2c(cc1O)[C@@H]1c3cccc(Br)c3CN[C@H]1CC2. The normalized spacial score (nSPS) is 22.5. The number of phenols is 1. The Morgan fingerprint density at radius 1 is 1.27 bits per heavy atom. The lowest BCUT2D eigenvalue weighted by Gasteiger charge is -2.40. The van der Waals surface area contributed by atoms with Gasteiger partial charge in [0.05, 0.1) is 7.11 Å². The van der Waals surface area contributed by atoms with Gasteiger partial charge in [0, 0.05) is 23.0 Å². The molecular formula is C18H18BrNO2. The van der Waals surface area contributed by atoms with Gasteiger partial charge in [-0.3, -0.25) is 0 Å². The van der Waals surface area contributed by atoms with Crippen molar-refractivity contribution in [3.05, 3.63) is 57.1 Å². The first-order valence-electron chi connectivity index (χ1n) is 7.59. The van der Waals surface area contributed by atoms with Crippen molar-refractivity contribution >= 4 is 15.9 Å². The third-order valence-corrected chi connectivity index (χ3v) is 5.68. The van der Waals surface area contributed by atoms with E-state index in [0.717, 1.165) is 23.9 Å². The summed E-state index contributed by atoms with van der Waals surface area (Å²) in [6.07, 6.45) is 2.13. The molecule has 0 fully saturated rings. The summed E-state index contributed by atoms with van der Waals surface area (Å²) in [5, 5.41) is 13.9. The number of hydrogen-bond acceptors (Lipinski definition) is 3. The quantitative estimate of drug-likeness (QED) is 0.815. The predicted molar refractivity (Wildman–Crippen MR) is 89.6 cm³/mol. The number of hydrogen-bond donors (Lipinski definition) is 2. The first-order valence-corrected chi connectivity index (χ1v) is 8.38. The molecule has 0 saturated heterocycles. The van der Waals surface area contributed by atoms with Crippen LogP contribution < -0.4 is 10.1 Å². The maximum absolute atomic E-state index is 10.2. The highest BCUT2D eigenvalue weighted by atomic mass is 79.9. The maximum atomic E-state index is 10.2. The molecule has 2 atom stereocenters. The average molecular weight is 360 g/mol. The monoisotopic (exact) mass is 359 g/mol. The van der Waals surface area contributed by atoms with Crippen LogP contribution in [0.2, 0.25) is 0 Å². The van der Waals surface area contributed by atoms with E-state index in [4.69, 9.17) is 4.74 Å². The molecule has 4 rings (SSSR count). The molecular weight excluding hydrogens is 342 g/mol. The Morgan fingerprint density at radius 3 is 2.95 bits per heavy atom. The van der Waals surface area contributed by atoms with Crippen LogP contribution in [0.4, 0.5) is 0 Å². The van der Waals surface area contributed by atoms with Gasteiger partial charge >= 0.3 is 0 Å². The minimum atomic E-state index is 0.226. The van der Waals surface area contributed by atoms with Crippen LogP contribution in [0.25, 0.3) is 0 Å². The molecule has 2 aliphatic rings. The number of aromatic hydroxyl groups is 1. The van der Waals surface area contributed by atoms with Crippen LogP contribution >= 0.6 is 15.9 Å². The third-order valence-electron chi connectivity index (χ3n) is 4.93. The second-order valence-electron chi connectivity index (χ2n) is 6.03. The van der Waals surface area contributed by atoms with Crippen LogP contribution in [0.1, 0.15) is 34.6 Å². The molecule has 3 nitrogen and oxygen atoms in total. The van der Waals surface area contributed by atoms with E-state index in [-0.39, 0.29) is 5.75 Å². The fourth-order valence-electron chi connectivity index (χ4n) is 3.88. The van der Waals surface area contributed by atoms with E-state index in [2.05, 4.69) is 39.4 Å². The van der Waals surface area contributed by atoms with E-state index in [9.17, 15) is 5.11 Å². The molecule has 2 aromatic rings. The van der Waals surface area contributed by atoms with E-state index >= 15 is 0 Å². The molecule has 0 saturated carbocycles. The molecule has 1 aliphatic heterocycles. The van der Waals surface area contributed by atoms with Gasteiger partial charge in [-0.25, -0.2) is 0 Å². The minimum Gasteiger partial charge on any atom is -0.504 e. The van der Waals surface area contributed by atoms with Gasteiger partial charge in [-0.1, -0.05) is 28.1 Å². The molecule has 0 spiro atoms. The van der Waals surface area contributed by atoms with Gasteiger partial charge in [0.2, 0.25) is 0 Å². The van der Waals surface area contributed by atoms with E-state index in [0.29, 0.717) is 17.7 Å². The van der Waals surface area contributed by atoms with Crippen molar-refractivity contribution in [1.82, 2.24) is 5.32 Å². The highest BCUT2D eigenvalue weighted by molar-refractivity contribution is 9.10.